The fourth-order valence-corrected chi connectivity index (χ4v) is 2.38. The predicted molar refractivity (Wildman–Crippen MR) is 66.8 cm³/mol. The quantitative estimate of drug-likeness (QED) is 0.809. The van der Waals surface area contributed by atoms with Crippen LogP contribution in [-0.2, 0) is 6.42 Å². The molecule has 0 N–H and O–H groups in total. The number of nitrogens with zero attached hydrogens (tertiary/aromatic N) is 3. The third-order valence-corrected chi connectivity index (χ3v) is 3.32. The number of halogens is 2. The number of anilines is 2. The molecule has 0 aliphatic carbocycles. The smallest absolute Gasteiger partial charge is 0.148 e. The summed E-state index contributed by atoms with van der Waals surface area (Å²) in [7, 11) is 0. The number of hydrogen-bond acceptors (Lipinski definition) is 3. The van der Waals surface area contributed by atoms with Gasteiger partial charge in [-0.15, -0.1) is 0 Å². The number of rotatable bonds is 1. The van der Waals surface area contributed by atoms with Crippen molar-refractivity contribution in [2.45, 2.75) is 6.42 Å². The van der Waals surface area contributed by atoms with Crippen LogP contribution in [0.5, 0.6) is 0 Å². The minimum absolute atomic E-state index is 0.245. The van der Waals surface area contributed by atoms with E-state index in [1.165, 1.54) is 12.4 Å². The zero-order chi connectivity index (χ0) is 11.8. The summed E-state index contributed by atoms with van der Waals surface area (Å²) in [6.07, 6.45) is 4.14. The van der Waals surface area contributed by atoms with E-state index in [1.807, 2.05) is 11.0 Å². The van der Waals surface area contributed by atoms with Gasteiger partial charge < -0.3 is 4.90 Å². The number of hydrogen-bond donors (Lipinski definition) is 0. The number of aromatic nitrogens is 2. The third kappa shape index (κ3) is 1.80. The molecule has 17 heavy (non-hydrogen) atoms. The zero-order valence-electron chi connectivity index (χ0n) is 8.90. The van der Waals surface area contributed by atoms with Crippen LogP contribution in [0.15, 0.2) is 35.2 Å². The molecule has 1 aliphatic rings. The molecule has 86 valence electrons. The lowest BCUT2D eigenvalue weighted by molar-refractivity contribution is 0.625. The fourth-order valence-electron chi connectivity index (χ4n) is 2.04. The van der Waals surface area contributed by atoms with E-state index in [1.54, 1.807) is 12.3 Å². The molecule has 1 aromatic heterocycles. The van der Waals surface area contributed by atoms with Crippen LogP contribution in [0.2, 0.25) is 0 Å². The van der Waals surface area contributed by atoms with Gasteiger partial charge >= 0.3 is 0 Å². The molecular formula is C12H9BrFN3. The van der Waals surface area contributed by atoms with E-state index in [-0.39, 0.29) is 5.82 Å². The van der Waals surface area contributed by atoms with Crippen molar-refractivity contribution in [3.63, 3.8) is 0 Å². The largest absolute Gasteiger partial charge is 0.323 e. The summed E-state index contributed by atoms with van der Waals surface area (Å²) in [4.78, 5) is 10.1. The van der Waals surface area contributed by atoms with Crippen LogP contribution in [0, 0.1) is 5.82 Å². The van der Waals surface area contributed by atoms with Crippen molar-refractivity contribution in [2.75, 3.05) is 11.4 Å². The van der Waals surface area contributed by atoms with Gasteiger partial charge in [0.1, 0.15) is 18.0 Å². The summed E-state index contributed by atoms with van der Waals surface area (Å²) in [6, 6.07) is 5.06. The molecule has 5 heteroatoms. The van der Waals surface area contributed by atoms with E-state index in [0.29, 0.717) is 5.69 Å². The Morgan fingerprint density at radius 3 is 3.06 bits per heavy atom. The molecule has 3 nitrogen and oxygen atoms in total. The lowest BCUT2D eigenvalue weighted by Gasteiger charge is -2.18. The molecule has 0 radical (unpaired) electrons. The molecule has 3 rings (SSSR count). The van der Waals surface area contributed by atoms with Crippen LogP contribution < -0.4 is 4.90 Å². The Balaban J connectivity index is 2.07. The Hall–Kier alpha value is -1.49. The minimum atomic E-state index is -0.245. The highest BCUT2D eigenvalue weighted by atomic mass is 79.9. The summed E-state index contributed by atoms with van der Waals surface area (Å²) in [6.45, 7) is 0.743. The first-order chi connectivity index (χ1) is 8.25. The standard InChI is InChI=1S/C12H9BrFN3/c13-9-1-2-11(10(14)5-9)17-4-3-8-6-15-7-16-12(8)17/h1-2,5-7H,3-4H2. The zero-order valence-corrected chi connectivity index (χ0v) is 10.5. The van der Waals surface area contributed by atoms with E-state index in [9.17, 15) is 4.39 Å². The second-order valence-corrected chi connectivity index (χ2v) is 4.78. The van der Waals surface area contributed by atoms with Gasteiger partial charge in [-0.3, -0.25) is 0 Å². The van der Waals surface area contributed by atoms with Crippen molar-refractivity contribution in [2.24, 2.45) is 0 Å². The van der Waals surface area contributed by atoms with Crippen LogP contribution in [-0.4, -0.2) is 16.5 Å². The molecule has 0 amide bonds. The Labute approximate surface area is 106 Å². The van der Waals surface area contributed by atoms with Crippen molar-refractivity contribution < 1.29 is 4.39 Å². The summed E-state index contributed by atoms with van der Waals surface area (Å²) in [5, 5.41) is 0. The lowest BCUT2D eigenvalue weighted by Crippen LogP contribution is -2.15. The van der Waals surface area contributed by atoms with E-state index < -0.39 is 0 Å². The molecule has 0 atom stereocenters. The third-order valence-electron chi connectivity index (χ3n) is 2.83. The maximum Gasteiger partial charge on any atom is 0.148 e. The first-order valence-corrected chi connectivity index (χ1v) is 6.06. The van der Waals surface area contributed by atoms with Crippen molar-refractivity contribution in [3.05, 3.63) is 46.6 Å². The van der Waals surface area contributed by atoms with Crippen LogP contribution in [0.1, 0.15) is 5.56 Å². The Kier molecular flexibility index (Phi) is 2.55. The molecule has 1 aromatic carbocycles. The number of fused-ring (bicyclic) bond motifs is 1. The second kappa shape index (κ2) is 4.07. The van der Waals surface area contributed by atoms with Gasteiger partial charge in [-0.1, -0.05) is 15.9 Å². The molecule has 2 aromatic rings. The second-order valence-electron chi connectivity index (χ2n) is 3.87. The first-order valence-electron chi connectivity index (χ1n) is 5.27. The summed E-state index contributed by atoms with van der Waals surface area (Å²) < 4.78 is 14.6. The van der Waals surface area contributed by atoms with Crippen LogP contribution in [0.3, 0.4) is 0 Å². The van der Waals surface area contributed by atoms with Gasteiger partial charge in [0.15, 0.2) is 0 Å². The summed E-state index contributed by atoms with van der Waals surface area (Å²) >= 11 is 3.25. The Morgan fingerprint density at radius 1 is 1.35 bits per heavy atom. The van der Waals surface area contributed by atoms with Gasteiger partial charge in [-0.05, 0) is 24.6 Å². The maximum absolute atomic E-state index is 13.9. The van der Waals surface area contributed by atoms with Crippen molar-refractivity contribution in [1.29, 1.82) is 0 Å². The molecule has 0 unspecified atom stereocenters. The van der Waals surface area contributed by atoms with E-state index in [2.05, 4.69) is 25.9 Å². The fraction of sp³-hybridized carbons (Fsp3) is 0.167. The average Bonchev–Trinajstić information content (AvgIpc) is 2.73. The van der Waals surface area contributed by atoms with E-state index in [4.69, 9.17) is 0 Å². The summed E-state index contributed by atoms with van der Waals surface area (Å²) in [5.74, 6) is 0.562. The lowest BCUT2D eigenvalue weighted by atomic mass is 10.3. The monoisotopic (exact) mass is 293 g/mol. The molecule has 0 fully saturated rings. The molecule has 2 heterocycles. The molecule has 0 saturated heterocycles. The summed E-state index contributed by atoms with van der Waals surface area (Å²) in [5.41, 5.74) is 1.63. The van der Waals surface area contributed by atoms with Crippen LogP contribution >= 0.6 is 15.9 Å². The number of benzene rings is 1. The van der Waals surface area contributed by atoms with Crippen molar-refractivity contribution in [1.82, 2.24) is 9.97 Å². The highest BCUT2D eigenvalue weighted by molar-refractivity contribution is 9.10. The Bertz CT molecular complexity index is 573. The SMILES string of the molecule is Fc1cc(Br)ccc1N1CCc2cncnc21. The van der Waals surface area contributed by atoms with Gasteiger partial charge in [0, 0.05) is 22.8 Å². The van der Waals surface area contributed by atoms with Gasteiger partial charge in [-0.25, -0.2) is 14.4 Å². The topological polar surface area (TPSA) is 29.0 Å². The minimum Gasteiger partial charge on any atom is -0.323 e. The van der Waals surface area contributed by atoms with Crippen molar-refractivity contribution >= 4 is 27.4 Å². The normalized spacial score (nSPS) is 13.9. The van der Waals surface area contributed by atoms with Gasteiger partial charge in [0.25, 0.3) is 0 Å². The van der Waals surface area contributed by atoms with Crippen molar-refractivity contribution in [3.8, 4) is 0 Å². The highest BCUT2D eigenvalue weighted by Gasteiger charge is 2.23. The van der Waals surface area contributed by atoms with Gasteiger partial charge in [-0.2, -0.15) is 0 Å². The first kappa shape index (κ1) is 10.7. The predicted octanol–water partition coefficient (Wildman–Crippen LogP) is 3.07. The molecule has 0 saturated carbocycles. The highest BCUT2D eigenvalue weighted by Crippen LogP contribution is 2.34. The molecular weight excluding hydrogens is 285 g/mol. The maximum atomic E-state index is 13.9. The molecule has 0 bridgehead atoms. The van der Waals surface area contributed by atoms with E-state index >= 15 is 0 Å². The molecule has 1 aliphatic heterocycles. The van der Waals surface area contributed by atoms with Crippen LogP contribution in [0.25, 0.3) is 0 Å². The van der Waals surface area contributed by atoms with Gasteiger partial charge in [0.05, 0.1) is 5.69 Å². The Morgan fingerprint density at radius 2 is 2.24 bits per heavy atom. The van der Waals surface area contributed by atoms with Crippen LogP contribution in [0.4, 0.5) is 15.9 Å². The van der Waals surface area contributed by atoms with Gasteiger partial charge in [0.2, 0.25) is 0 Å². The average molecular weight is 294 g/mol. The molecule has 0 spiro atoms. The van der Waals surface area contributed by atoms with E-state index in [0.717, 1.165) is 28.8 Å².